The van der Waals surface area contributed by atoms with Gasteiger partial charge < -0.3 is 38.9 Å². The number of hydrogen-bond acceptors (Lipinski definition) is 8. The normalized spacial score (nSPS) is 10.8. The van der Waals surface area contributed by atoms with Crippen LogP contribution in [0.3, 0.4) is 0 Å². The summed E-state index contributed by atoms with van der Waals surface area (Å²) in [5.41, 5.74) is 18.8. The van der Waals surface area contributed by atoms with Gasteiger partial charge in [-0.3, -0.25) is 0 Å². The highest BCUT2D eigenvalue weighted by Crippen LogP contribution is 2.45. The van der Waals surface area contributed by atoms with Crippen molar-refractivity contribution in [2.75, 3.05) is 43.6 Å². The van der Waals surface area contributed by atoms with Gasteiger partial charge in [-0.2, -0.15) is 0 Å². The number of rotatable bonds is 20. The second kappa shape index (κ2) is 26.0. The Morgan fingerprint density at radius 3 is 0.352 bits per heavy atom. The predicted molar refractivity (Wildman–Crippen MR) is 368 cm³/mol. The molecule has 0 aliphatic rings. The van der Waals surface area contributed by atoms with Crippen molar-refractivity contribution in [3.63, 3.8) is 0 Å². The molecule has 0 unspecified atom stereocenters. The minimum absolute atomic E-state index is 0.816. The Balaban J connectivity index is 0.801. The molecule has 0 saturated heterocycles. The van der Waals surface area contributed by atoms with Gasteiger partial charge in [0.1, 0.15) is 11.5 Å². The molecule has 0 fully saturated rings. The molecule has 0 aromatic heterocycles. The number of ether oxygens (including phenoxy) is 2. The molecule has 426 valence electrons. The van der Waals surface area contributed by atoms with Crippen molar-refractivity contribution in [1.82, 2.24) is 0 Å². The highest BCUT2D eigenvalue weighted by molar-refractivity contribution is 5.87. The lowest BCUT2D eigenvalue weighted by molar-refractivity contribution is 0.414. The molecule has 8 nitrogen and oxygen atoms in total. The van der Waals surface area contributed by atoms with Crippen LogP contribution in [0.4, 0.5) is 102 Å². The lowest BCUT2D eigenvalue weighted by Gasteiger charge is -2.30. The van der Waals surface area contributed by atoms with E-state index in [-0.39, 0.29) is 0 Å². The molecule has 88 heavy (non-hydrogen) atoms. The van der Waals surface area contributed by atoms with Crippen molar-refractivity contribution in [3.05, 3.63) is 352 Å². The van der Waals surface area contributed by atoms with Crippen molar-refractivity contribution < 1.29 is 9.47 Å². The van der Waals surface area contributed by atoms with Crippen LogP contribution < -0.4 is 38.9 Å². The molecule has 0 spiro atoms. The van der Waals surface area contributed by atoms with Crippen LogP contribution in [0.5, 0.6) is 11.5 Å². The maximum atomic E-state index is 5.51. The molecule has 0 heterocycles. The summed E-state index contributed by atoms with van der Waals surface area (Å²) < 4.78 is 11.0. The average molecular weight is 1140 g/mol. The highest BCUT2D eigenvalue weighted by atomic mass is 16.5. The molecule has 8 heteroatoms. The average Bonchev–Trinajstić information content (AvgIpc) is 3.71. The lowest BCUT2D eigenvalue weighted by atomic mass is 10.1. The molecule has 0 aliphatic heterocycles. The summed E-state index contributed by atoms with van der Waals surface area (Å²) in [4.78, 5) is 13.8. The number of methoxy groups -OCH3 is 2. The molecular formula is C80H64N6O2. The largest absolute Gasteiger partial charge is 0.497 e. The summed E-state index contributed by atoms with van der Waals surface area (Å²) in [5, 5.41) is 0. The van der Waals surface area contributed by atoms with Crippen molar-refractivity contribution in [1.29, 1.82) is 0 Å². The van der Waals surface area contributed by atoms with E-state index in [1.165, 1.54) is 0 Å². The number of nitrogens with zero attached hydrogens (tertiary/aromatic N) is 6. The third-order valence-corrected chi connectivity index (χ3v) is 15.6. The summed E-state index contributed by atoms with van der Waals surface area (Å²) in [6.07, 6.45) is 0. The van der Waals surface area contributed by atoms with Crippen LogP contribution >= 0.6 is 0 Å². The minimum atomic E-state index is 0.816. The van der Waals surface area contributed by atoms with E-state index in [1.54, 1.807) is 14.2 Å². The highest BCUT2D eigenvalue weighted by Gasteiger charge is 2.22. The standard InChI is InChI=1S/C80H64N6O2/c1-87-79-57-53-77(54-58-79)85(65-29-17-7-18-30-65)75-49-45-73(46-50-75)83(63-25-13-5-14-26-63)71-41-37-69(38-42-71)81(61-21-9-3-10-22-61)67-33-35-68(36-34-67)82(62-23-11-4-12-24-62)70-39-43-72(44-40-70)84(64-27-15-6-16-28-64)74-47-51-76(52-48-74)86(66-31-19-8-20-32-66)78-55-59-80(88-2)60-56-78/h3-60H,1-2H3. The molecule has 13 aromatic rings. The molecule has 13 rings (SSSR count). The number of anilines is 18. The van der Waals surface area contributed by atoms with Gasteiger partial charge in [-0.15, -0.1) is 0 Å². The van der Waals surface area contributed by atoms with Crippen molar-refractivity contribution in [2.45, 2.75) is 0 Å². The molecular weight excluding hydrogens is 1080 g/mol. The number of benzene rings is 13. The Hall–Kier alpha value is -11.7. The van der Waals surface area contributed by atoms with Gasteiger partial charge in [0.15, 0.2) is 0 Å². The fourth-order valence-corrected chi connectivity index (χ4v) is 11.4. The Kier molecular flexibility index (Phi) is 16.4. The van der Waals surface area contributed by atoms with Gasteiger partial charge in [0, 0.05) is 102 Å². The summed E-state index contributed by atoms with van der Waals surface area (Å²) in [5.74, 6) is 1.63. The second-order valence-corrected chi connectivity index (χ2v) is 21.0. The van der Waals surface area contributed by atoms with Crippen LogP contribution in [0.1, 0.15) is 0 Å². The smallest absolute Gasteiger partial charge is 0.119 e. The van der Waals surface area contributed by atoms with Crippen molar-refractivity contribution in [2.24, 2.45) is 0 Å². The van der Waals surface area contributed by atoms with E-state index in [2.05, 4.69) is 345 Å². The fraction of sp³-hybridized carbons (Fsp3) is 0.0250. The van der Waals surface area contributed by atoms with Gasteiger partial charge in [0.05, 0.1) is 14.2 Å². The van der Waals surface area contributed by atoms with Crippen LogP contribution in [-0.2, 0) is 0 Å². The van der Waals surface area contributed by atoms with Gasteiger partial charge in [-0.1, -0.05) is 109 Å². The molecule has 0 radical (unpaired) electrons. The summed E-state index contributed by atoms with van der Waals surface area (Å²) in [6.45, 7) is 0. The maximum Gasteiger partial charge on any atom is 0.119 e. The fourth-order valence-electron chi connectivity index (χ4n) is 11.4. The van der Waals surface area contributed by atoms with Gasteiger partial charge in [-0.25, -0.2) is 0 Å². The van der Waals surface area contributed by atoms with Crippen LogP contribution in [0.2, 0.25) is 0 Å². The first kappa shape index (κ1) is 55.4. The molecule has 0 amide bonds. The number of hydrogen-bond donors (Lipinski definition) is 0. The van der Waals surface area contributed by atoms with Crippen molar-refractivity contribution in [3.8, 4) is 11.5 Å². The Morgan fingerprint density at radius 2 is 0.239 bits per heavy atom. The molecule has 13 aromatic carbocycles. The quantitative estimate of drug-likeness (QED) is 0.0747. The second-order valence-electron chi connectivity index (χ2n) is 21.0. The van der Waals surface area contributed by atoms with E-state index in [9.17, 15) is 0 Å². The summed E-state index contributed by atoms with van der Waals surface area (Å²) >= 11 is 0. The van der Waals surface area contributed by atoms with Crippen LogP contribution in [0, 0.1) is 0 Å². The van der Waals surface area contributed by atoms with Crippen LogP contribution in [0.15, 0.2) is 352 Å². The SMILES string of the molecule is COc1ccc(N(c2ccccc2)c2ccc(N(c3ccccc3)c3ccc(N(c4ccccc4)c4ccc(N(c5ccccc5)c5ccc(N(c6ccccc6)c6ccc(N(c7ccccc7)c7ccc(OC)cc7)cc6)cc5)cc4)cc3)cc2)cc1. The van der Waals surface area contributed by atoms with E-state index in [4.69, 9.17) is 9.47 Å². The van der Waals surface area contributed by atoms with Gasteiger partial charge >= 0.3 is 0 Å². The lowest BCUT2D eigenvalue weighted by Crippen LogP contribution is -2.14. The zero-order chi connectivity index (χ0) is 59.4. The molecule has 0 bridgehead atoms. The Morgan fingerprint density at radius 1 is 0.136 bits per heavy atom. The minimum Gasteiger partial charge on any atom is -0.497 e. The third kappa shape index (κ3) is 12.0. The molecule has 0 N–H and O–H groups in total. The van der Waals surface area contributed by atoms with Gasteiger partial charge in [0.2, 0.25) is 0 Å². The van der Waals surface area contributed by atoms with E-state index in [0.717, 1.165) is 114 Å². The van der Waals surface area contributed by atoms with Crippen LogP contribution in [0.25, 0.3) is 0 Å². The van der Waals surface area contributed by atoms with Crippen molar-refractivity contribution >= 4 is 102 Å². The van der Waals surface area contributed by atoms with E-state index in [1.807, 2.05) is 36.4 Å². The Bertz CT molecular complexity index is 4000. The van der Waals surface area contributed by atoms with Crippen LogP contribution in [-0.4, -0.2) is 14.2 Å². The molecule has 0 saturated carbocycles. The Labute approximate surface area is 516 Å². The first-order valence-corrected chi connectivity index (χ1v) is 29.5. The summed E-state index contributed by atoms with van der Waals surface area (Å²) in [6, 6.07) is 124. The van der Waals surface area contributed by atoms with E-state index in [0.29, 0.717) is 0 Å². The van der Waals surface area contributed by atoms with E-state index < -0.39 is 0 Å². The van der Waals surface area contributed by atoms with E-state index >= 15 is 0 Å². The molecule has 0 aliphatic carbocycles. The van der Waals surface area contributed by atoms with Gasteiger partial charge in [-0.05, 0) is 243 Å². The first-order chi connectivity index (χ1) is 43.6. The predicted octanol–water partition coefficient (Wildman–Crippen LogP) is 22.5. The zero-order valence-corrected chi connectivity index (χ0v) is 49.0. The topological polar surface area (TPSA) is 37.9 Å². The first-order valence-electron chi connectivity index (χ1n) is 29.5. The third-order valence-electron chi connectivity index (χ3n) is 15.6. The molecule has 0 atom stereocenters. The maximum absolute atomic E-state index is 5.51. The monoisotopic (exact) mass is 1140 g/mol. The zero-order valence-electron chi connectivity index (χ0n) is 49.0. The number of para-hydroxylation sites is 6. The summed E-state index contributed by atoms with van der Waals surface area (Å²) in [7, 11) is 3.39. The van der Waals surface area contributed by atoms with Gasteiger partial charge in [0.25, 0.3) is 0 Å².